The molecular weight excluding hydrogens is 83.0 g/mol. The van der Waals surface area contributed by atoms with Gasteiger partial charge in [-0.25, -0.2) is 0 Å². The Bertz CT molecular complexity index is 41.9. The van der Waals surface area contributed by atoms with Crippen molar-refractivity contribution in [2.24, 2.45) is 0 Å². The summed E-state index contributed by atoms with van der Waals surface area (Å²) in [5.41, 5.74) is 0. The van der Waals surface area contributed by atoms with Gasteiger partial charge in [0, 0.05) is 0 Å². The van der Waals surface area contributed by atoms with Gasteiger partial charge in [0.05, 0.1) is 0 Å². The van der Waals surface area contributed by atoms with Crippen molar-refractivity contribution in [2.45, 2.75) is 19.3 Å². The van der Waals surface area contributed by atoms with Gasteiger partial charge in [-0.1, -0.05) is 12.2 Å². The van der Waals surface area contributed by atoms with Crippen molar-refractivity contribution < 1.29 is 0 Å². The number of rotatable bonds is 0. The molecule has 1 rings (SSSR count). The third kappa shape index (κ3) is 2.01. The van der Waals surface area contributed by atoms with E-state index in [4.69, 9.17) is 0 Å². The average molecular weight is 92.1 g/mol. The summed E-state index contributed by atoms with van der Waals surface area (Å²) in [6.07, 6.45) is 8.50. The summed E-state index contributed by atoms with van der Waals surface area (Å²) in [5, 5.41) is 0. The standard InChI is InChI=1S/C5H8.Na.H/c1-2-4-5-3-1;;/h1-2H,3-5H2;;. The van der Waals surface area contributed by atoms with Gasteiger partial charge < -0.3 is 0 Å². The zero-order valence-electron chi connectivity index (χ0n) is 3.28. The Morgan fingerprint density at radius 3 is 1.67 bits per heavy atom. The fourth-order valence-corrected chi connectivity index (χ4v) is 0.589. The first kappa shape index (κ1) is 6.74. The summed E-state index contributed by atoms with van der Waals surface area (Å²) in [6.45, 7) is 0. The molecule has 0 saturated carbocycles. The summed E-state index contributed by atoms with van der Waals surface area (Å²) in [6, 6.07) is 0. The molecule has 0 saturated heterocycles. The molecule has 1 heteroatoms. The molecule has 0 fully saturated rings. The first-order chi connectivity index (χ1) is 2.50. The molecule has 1 aliphatic carbocycles. The van der Waals surface area contributed by atoms with Gasteiger partial charge in [-0.15, -0.1) is 0 Å². The van der Waals surface area contributed by atoms with Crippen LogP contribution in [0.4, 0.5) is 0 Å². The van der Waals surface area contributed by atoms with Gasteiger partial charge in [-0.3, -0.25) is 0 Å². The molecule has 0 aromatic carbocycles. The fourth-order valence-electron chi connectivity index (χ4n) is 0.589. The Hall–Kier alpha value is 0.740. The van der Waals surface area contributed by atoms with Crippen molar-refractivity contribution in [2.75, 3.05) is 0 Å². The number of hydrogen-bond donors (Lipinski definition) is 0. The monoisotopic (exact) mass is 92.1 g/mol. The van der Waals surface area contributed by atoms with Crippen LogP contribution in [0.2, 0.25) is 0 Å². The van der Waals surface area contributed by atoms with Gasteiger partial charge >= 0.3 is 29.6 Å². The zero-order valence-corrected chi connectivity index (χ0v) is 3.28. The molecule has 0 aliphatic heterocycles. The second-order valence-corrected chi connectivity index (χ2v) is 1.40. The van der Waals surface area contributed by atoms with Crippen LogP contribution < -0.4 is 0 Å². The Morgan fingerprint density at radius 2 is 1.50 bits per heavy atom. The molecule has 1 aliphatic rings. The predicted molar refractivity (Wildman–Crippen MR) is 30.1 cm³/mol. The van der Waals surface area contributed by atoms with Gasteiger partial charge in [0.1, 0.15) is 0 Å². The van der Waals surface area contributed by atoms with Gasteiger partial charge in [-0.05, 0) is 19.3 Å². The Morgan fingerprint density at radius 1 is 1.00 bits per heavy atom. The normalized spacial score (nSPS) is 17.3. The van der Waals surface area contributed by atoms with Gasteiger partial charge in [0.25, 0.3) is 0 Å². The Kier molecular flexibility index (Phi) is 4.40. The first-order valence-electron chi connectivity index (χ1n) is 2.15. The first-order valence-corrected chi connectivity index (χ1v) is 2.15. The minimum absolute atomic E-state index is 0. The van der Waals surface area contributed by atoms with Crippen LogP contribution in [0.5, 0.6) is 0 Å². The SMILES string of the molecule is C1=CCCC1.[NaH]. The van der Waals surface area contributed by atoms with Crippen molar-refractivity contribution in [3.05, 3.63) is 12.2 Å². The zero-order chi connectivity index (χ0) is 3.54. The van der Waals surface area contributed by atoms with Crippen molar-refractivity contribution in [3.63, 3.8) is 0 Å². The number of hydrogen-bond acceptors (Lipinski definition) is 0. The fraction of sp³-hybridized carbons (Fsp3) is 0.600. The van der Waals surface area contributed by atoms with E-state index >= 15 is 0 Å². The molecule has 0 bridgehead atoms. The maximum atomic E-state index is 2.24. The summed E-state index contributed by atoms with van der Waals surface area (Å²) < 4.78 is 0. The van der Waals surface area contributed by atoms with Crippen LogP contribution in [0.25, 0.3) is 0 Å². The van der Waals surface area contributed by atoms with Crippen molar-refractivity contribution in [3.8, 4) is 0 Å². The molecule has 0 N–H and O–H groups in total. The summed E-state index contributed by atoms with van der Waals surface area (Å²) in [5.74, 6) is 0. The second kappa shape index (κ2) is 3.91. The van der Waals surface area contributed by atoms with Gasteiger partial charge in [-0.2, -0.15) is 0 Å². The van der Waals surface area contributed by atoms with Crippen LogP contribution in [0.3, 0.4) is 0 Å². The van der Waals surface area contributed by atoms with E-state index in [1.807, 2.05) is 0 Å². The van der Waals surface area contributed by atoms with Crippen LogP contribution in [0.1, 0.15) is 19.3 Å². The summed E-state index contributed by atoms with van der Waals surface area (Å²) in [4.78, 5) is 0. The molecule has 6 heavy (non-hydrogen) atoms. The third-order valence-corrected chi connectivity index (χ3v) is 0.908. The van der Waals surface area contributed by atoms with E-state index in [1.54, 1.807) is 0 Å². The van der Waals surface area contributed by atoms with Gasteiger partial charge in [0.2, 0.25) is 0 Å². The molecule has 0 heterocycles. The molecule has 0 radical (unpaired) electrons. The van der Waals surface area contributed by atoms with E-state index in [0.717, 1.165) is 0 Å². The minimum atomic E-state index is 0. The second-order valence-electron chi connectivity index (χ2n) is 1.40. The molecule has 0 spiro atoms. The molecule has 0 amide bonds. The average Bonchev–Trinajstić information content (AvgIpc) is 1.76. The van der Waals surface area contributed by atoms with E-state index in [9.17, 15) is 0 Å². The van der Waals surface area contributed by atoms with Crippen LogP contribution in [0.15, 0.2) is 12.2 Å². The molecule has 0 aromatic rings. The van der Waals surface area contributed by atoms with Crippen LogP contribution in [-0.2, 0) is 0 Å². The molecular formula is C5H9Na. The predicted octanol–water partition coefficient (Wildman–Crippen LogP) is 1.08. The third-order valence-electron chi connectivity index (χ3n) is 0.908. The van der Waals surface area contributed by atoms with Crippen molar-refractivity contribution in [1.29, 1.82) is 0 Å². The topological polar surface area (TPSA) is 0 Å². The van der Waals surface area contributed by atoms with Crippen LogP contribution in [0, 0.1) is 0 Å². The summed E-state index contributed by atoms with van der Waals surface area (Å²) in [7, 11) is 0. The maximum absolute atomic E-state index is 2.24. The van der Waals surface area contributed by atoms with Crippen molar-refractivity contribution in [1.82, 2.24) is 0 Å². The van der Waals surface area contributed by atoms with E-state index < -0.39 is 0 Å². The molecule has 0 unspecified atom stereocenters. The van der Waals surface area contributed by atoms with E-state index in [-0.39, 0.29) is 29.6 Å². The Balaban J connectivity index is 0.000000250. The van der Waals surface area contributed by atoms with E-state index in [0.29, 0.717) is 0 Å². The molecule has 0 nitrogen and oxygen atoms in total. The van der Waals surface area contributed by atoms with Crippen LogP contribution >= 0.6 is 0 Å². The van der Waals surface area contributed by atoms with Gasteiger partial charge in [0.15, 0.2) is 0 Å². The molecule has 30 valence electrons. The van der Waals surface area contributed by atoms with Crippen LogP contribution in [-0.4, -0.2) is 29.6 Å². The Labute approximate surface area is 60.9 Å². The van der Waals surface area contributed by atoms with Crippen molar-refractivity contribution >= 4 is 29.6 Å². The number of allylic oxidation sites excluding steroid dienone is 2. The van der Waals surface area contributed by atoms with E-state index in [2.05, 4.69) is 12.2 Å². The molecule has 0 aromatic heterocycles. The molecule has 0 atom stereocenters. The quantitative estimate of drug-likeness (QED) is 0.310. The summed E-state index contributed by atoms with van der Waals surface area (Å²) >= 11 is 0. The van der Waals surface area contributed by atoms with E-state index in [1.165, 1.54) is 19.3 Å².